The summed E-state index contributed by atoms with van der Waals surface area (Å²) in [4.78, 5) is 14.0. The van der Waals surface area contributed by atoms with Crippen molar-refractivity contribution in [3.8, 4) is 50.7 Å². The summed E-state index contributed by atoms with van der Waals surface area (Å²) in [5, 5.41) is 2.23. The van der Waals surface area contributed by atoms with Gasteiger partial charge in [0.2, 0.25) is 0 Å². The maximum atomic E-state index is 8.15. The predicted octanol–water partition coefficient (Wildman–Crippen LogP) is 18.8. The average Bonchev–Trinajstić information content (AvgIpc) is 4.18. The van der Waals surface area contributed by atoms with E-state index < -0.39 is 5.41 Å². The Hall–Kier alpha value is -9.96. The minimum Gasteiger partial charge on any atom is -0.457 e. The van der Waals surface area contributed by atoms with E-state index in [2.05, 4.69) is 277 Å². The molecule has 0 bridgehead atoms. The molecule has 3 heterocycles. The summed E-state index contributed by atoms with van der Waals surface area (Å²) in [5.41, 5.74) is 19.1. The van der Waals surface area contributed by atoms with Gasteiger partial charge >= 0.3 is 0 Å². The first kappa shape index (κ1) is 46.6. The van der Waals surface area contributed by atoms with Gasteiger partial charge < -0.3 is 14.5 Å². The van der Waals surface area contributed by atoms with Gasteiger partial charge in [0.25, 0.3) is 0 Å². The summed E-state index contributed by atoms with van der Waals surface area (Å²) in [7, 11) is 0. The molecule has 0 saturated carbocycles. The van der Waals surface area contributed by atoms with Gasteiger partial charge in [-0.15, -0.1) is 0 Å². The van der Waals surface area contributed by atoms with E-state index in [1.165, 1.54) is 38.9 Å². The molecule has 0 radical (unpaired) electrons. The molecule has 6 nitrogen and oxygen atoms in total. The molecule has 14 rings (SSSR count). The Morgan fingerprint density at radius 3 is 1.86 bits per heavy atom. The Morgan fingerprint density at radius 1 is 0.487 bits per heavy atom. The summed E-state index contributed by atoms with van der Waals surface area (Å²) >= 11 is 0. The number of hydrogen-bond acceptors (Lipinski definition) is 4. The van der Waals surface area contributed by atoms with Crippen LogP contribution in [0.1, 0.15) is 48.6 Å². The third kappa shape index (κ3) is 7.50. The van der Waals surface area contributed by atoms with Crippen molar-refractivity contribution in [2.75, 3.05) is 16.5 Å². The number of nitrogens with zero attached hydrogens (tertiary/aromatic N) is 5. The zero-order valence-corrected chi connectivity index (χ0v) is 43.6. The summed E-state index contributed by atoms with van der Waals surface area (Å²) < 4.78 is 9.22. The normalized spacial score (nSPS) is 14.5. The van der Waals surface area contributed by atoms with Gasteiger partial charge in [0, 0.05) is 45.9 Å². The Morgan fingerprint density at radius 2 is 1.12 bits per heavy atom. The van der Waals surface area contributed by atoms with Gasteiger partial charge in [-0.3, -0.25) is 4.57 Å². The van der Waals surface area contributed by atoms with Gasteiger partial charge in [0.05, 0.1) is 40.1 Å². The molecule has 78 heavy (non-hydrogen) atoms. The van der Waals surface area contributed by atoms with E-state index in [1.54, 1.807) is 0 Å². The molecule has 1 atom stereocenters. The highest BCUT2D eigenvalue weighted by molar-refractivity contribution is 6.09. The molecular weight excluding hydrogens is 951 g/mol. The maximum absolute atomic E-state index is 8.15. The number of pyridine rings is 1. The van der Waals surface area contributed by atoms with Gasteiger partial charge in [-0.1, -0.05) is 203 Å². The Bertz CT molecular complexity index is 4280. The highest BCUT2D eigenvalue weighted by atomic mass is 16.5. The second-order valence-electron chi connectivity index (χ2n) is 21.4. The molecule has 0 saturated heterocycles. The SMILES string of the molecule is [C-]#[N+]c1ccc2c(c1)C(c1ccc(C(C)(C)C)cc1)(c1ccnc(-n3c4ccccc4c4ccc(Oc5cccc(N6CN(c7c(-c8ccccc8)cccc7-c7ccccc7)c7ccccc76)c5)cc43)c1)c1ccccc1-2. The monoisotopic (exact) mass is 1000 g/mol. The Balaban J connectivity index is 0.864. The average molecular weight is 1000 g/mol. The van der Waals surface area contributed by atoms with Crippen molar-refractivity contribution < 1.29 is 4.74 Å². The minimum atomic E-state index is -0.735. The van der Waals surface area contributed by atoms with Gasteiger partial charge in [0.15, 0.2) is 5.69 Å². The highest BCUT2D eigenvalue weighted by Gasteiger charge is 2.46. The van der Waals surface area contributed by atoms with E-state index in [4.69, 9.17) is 16.3 Å². The number of rotatable bonds is 9. The Kier molecular flexibility index (Phi) is 11.0. The topological polar surface area (TPSA) is 37.9 Å². The minimum absolute atomic E-state index is 0.0215. The van der Waals surface area contributed by atoms with Crippen molar-refractivity contribution in [1.29, 1.82) is 0 Å². The van der Waals surface area contributed by atoms with Crippen molar-refractivity contribution in [3.63, 3.8) is 0 Å². The number of para-hydroxylation sites is 4. The fourth-order valence-electron chi connectivity index (χ4n) is 12.4. The lowest BCUT2D eigenvalue weighted by Crippen LogP contribution is -2.29. The van der Waals surface area contributed by atoms with Crippen LogP contribution in [0.2, 0.25) is 0 Å². The van der Waals surface area contributed by atoms with E-state index in [0.29, 0.717) is 18.1 Å². The molecule has 1 unspecified atom stereocenters. The molecule has 0 N–H and O–H groups in total. The molecule has 372 valence electrons. The molecule has 12 aromatic rings. The fourth-order valence-corrected chi connectivity index (χ4v) is 12.4. The fraction of sp³-hybridized carbons (Fsp3) is 0.0833. The molecule has 0 fully saturated rings. The first-order valence-corrected chi connectivity index (χ1v) is 26.7. The molecule has 6 heteroatoms. The van der Waals surface area contributed by atoms with Crippen LogP contribution in [0.4, 0.5) is 28.4 Å². The van der Waals surface area contributed by atoms with Crippen LogP contribution in [-0.2, 0) is 10.8 Å². The molecule has 10 aromatic carbocycles. The predicted molar refractivity (Wildman–Crippen MR) is 320 cm³/mol. The standard InChI is InChI=1S/C72H53N5O/c1-71(2,3)50-33-35-51(36-34-50)72(63-29-13-11-25-59(63)60-39-37-53(73-4)44-64(60)72)52-41-42-74-69(43-52)77-65-30-14-12-26-61(65)62-40-38-56(46-68(62)77)78-55-24-17-23-54(45-55)75-47-76(67-32-16-15-31-66(67)75)70-57(48-19-7-5-8-20-48)27-18-28-58(70)49-21-9-6-10-22-49/h5-46H,47H2,1-3H3. The largest absolute Gasteiger partial charge is 0.457 e. The second-order valence-corrected chi connectivity index (χ2v) is 21.4. The highest BCUT2D eigenvalue weighted by Crippen LogP contribution is 2.57. The molecule has 1 aliphatic heterocycles. The first-order chi connectivity index (χ1) is 38.3. The quantitative estimate of drug-likeness (QED) is 0.135. The number of ether oxygens (including phenoxy) is 1. The van der Waals surface area contributed by atoms with Gasteiger partial charge in [-0.25, -0.2) is 9.83 Å². The van der Waals surface area contributed by atoms with Crippen molar-refractivity contribution in [1.82, 2.24) is 9.55 Å². The number of aromatic nitrogens is 2. The third-order valence-corrected chi connectivity index (χ3v) is 16.0. The van der Waals surface area contributed by atoms with Crippen LogP contribution in [0.5, 0.6) is 11.5 Å². The molecule has 2 aromatic heterocycles. The molecule has 0 spiro atoms. The van der Waals surface area contributed by atoms with Crippen molar-refractivity contribution >= 4 is 50.2 Å². The summed E-state index contributed by atoms with van der Waals surface area (Å²) in [6.45, 7) is 15.5. The van der Waals surface area contributed by atoms with Crippen LogP contribution < -0.4 is 14.5 Å². The van der Waals surface area contributed by atoms with Crippen LogP contribution in [-0.4, -0.2) is 16.2 Å². The smallest absolute Gasteiger partial charge is 0.187 e. The van der Waals surface area contributed by atoms with Gasteiger partial charge in [-0.2, -0.15) is 0 Å². The van der Waals surface area contributed by atoms with Gasteiger partial charge in [-0.05, 0) is 110 Å². The van der Waals surface area contributed by atoms with Crippen LogP contribution in [0.3, 0.4) is 0 Å². The molecule has 1 aliphatic carbocycles. The number of benzene rings is 10. The molecular formula is C72H53N5O. The third-order valence-electron chi connectivity index (χ3n) is 16.0. The second kappa shape index (κ2) is 18.4. The summed E-state index contributed by atoms with van der Waals surface area (Å²) in [5.74, 6) is 2.24. The number of hydrogen-bond donors (Lipinski definition) is 0. The number of anilines is 4. The van der Waals surface area contributed by atoms with Crippen LogP contribution >= 0.6 is 0 Å². The first-order valence-electron chi connectivity index (χ1n) is 26.7. The van der Waals surface area contributed by atoms with Crippen molar-refractivity contribution in [2.24, 2.45) is 0 Å². The van der Waals surface area contributed by atoms with Gasteiger partial charge in [0.1, 0.15) is 24.0 Å². The van der Waals surface area contributed by atoms with Crippen LogP contribution in [0.15, 0.2) is 255 Å². The van der Waals surface area contributed by atoms with E-state index in [-0.39, 0.29) is 5.41 Å². The lowest BCUT2D eigenvalue weighted by molar-refractivity contribution is 0.483. The molecule has 2 aliphatic rings. The van der Waals surface area contributed by atoms with E-state index in [0.717, 1.165) is 78.4 Å². The summed E-state index contributed by atoms with van der Waals surface area (Å²) in [6.07, 6.45) is 1.95. The number of fused-ring (bicyclic) bond motifs is 7. The zero-order chi connectivity index (χ0) is 52.5. The van der Waals surface area contributed by atoms with E-state index >= 15 is 0 Å². The Labute approximate surface area is 455 Å². The summed E-state index contributed by atoms with van der Waals surface area (Å²) in [6, 6.07) is 88.6. The van der Waals surface area contributed by atoms with E-state index in [9.17, 15) is 0 Å². The van der Waals surface area contributed by atoms with Crippen LogP contribution in [0.25, 0.3) is 65.8 Å². The lowest BCUT2D eigenvalue weighted by Gasteiger charge is -2.34. The van der Waals surface area contributed by atoms with Crippen molar-refractivity contribution in [3.05, 3.63) is 294 Å². The van der Waals surface area contributed by atoms with Crippen molar-refractivity contribution in [2.45, 2.75) is 31.6 Å². The zero-order valence-electron chi connectivity index (χ0n) is 43.6. The van der Waals surface area contributed by atoms with E-state index in [1.807, 2.05) is 18.3 Å². The lowest BCUT2D eigenvalue weighted by atomic mass is 9.67. The van der Waals surface area contributed by atoms with Crippen LogP contribution in [0, 0.1) is 6.57 Å². The maximum Gasteiger partial charge on any atom is 0.187 e. The molecule has 0 amide bonds.